The second-order valence-electron chi connectivity index (χ2n) is 4.16. The van der Waals surface area contributed by atoms with Gasteiger partial charge in [-0.3, -0.25) is 5.32 Å². The van der Waals surface area contributed by atoms with Crippen LogP contribution in [0.15, 0.2) is 30.3 Å². The number of carbonyl (C=O) groups is 1. The largest absolute Gasteiger partial charge is 0.480 e. The van der Waals surface area contributed by atoms with Gasteiger partial charge in [0.25, 0.3) is 0 Å². The molecule has 0 aliphatic carbocycles. The van der Waals surface area contributed by atoms with Crippen molar-refractivity contribution in [1.82, 2.24) is 5.32 Å². The number of hydrogen-bond acceptors (Lipinski definition) is 3. The fourth-order valence-electron chi connectivity index (χ4n) is 1.91. The van der Waals surface area contributed by atoms with Crippen LogP contribution in [0, 0.1) is 0 Å². The second kappa shape index (κ2) is 5.80. The summed E-state index contributed by atoms with van der Waals surface area (Å²) in [4.78, 5) is 11.6. The van der Waals surface area contributed by atoms with E-state index >= 15 is 0 Å². The zero-order valence-electron chi connectivity index (χ0n) is 10.2. The molecule has 94 valence electrons. The zero-order valence-corrected chi connectivity index (χ0v) is 10.2. The molecule has 1 aromatic rings. The van der Waals surface area contributed by atoms with Crippen LogP contribution in [0.5, 0.6) is 0 Å². The summed E-state index contributed by atoms with van der Waals surface area (Å²) in [5.41, 5.74) is -0.432. The lowest BCUT2D eigenvalue weighted by Crippen LogP contribution is -2.53. The molecule has 3 N–H and O–H groups in total. The van der Waals surface area contributed by atoms with E-state index in [9.17, 15) is 9.90 Å². The van der Waals surface area contributed by atoms with Gasteiger partial charge in [0.15, 0.2) is 0 Å². The minimum absolute atomic E-state index is 0.0954. The Morgan fingerprint density at radius 1 is 1.41 bits per heavy atom. The van der Waals surface area contributed by atoms with Crippen LogP contribution in [0.3, 0.4) is 0 Å². The van der Waals surface area contributed by atoms with Crippen LogP contribution in [0.25, 0.3) is 0 Å². The maximum absolute atomic E-state index is 11.6. The Balaban J connectivity index is 3.14. The molecule has 0 saturated heterocycles. The van der Waals surface area contributed by atoms with E-state index in [4.69, 9.17) is 5.11 Å². The number of benzene rings is 1. The quantitative estimate of drug-likeness (QED) is 0.698. The number of hydrogen-bond donors (Lipinski definition) is 3. The Morgan fingerprint density at radius 2 is 2.00 bits per heavy atom. The third-order valence-corrected chi connectivity index (χ3v) is 2.93. The Hall–Kier alpha value is -1.39. The van der Waals surface area contributed by atoms with Gasteiger partial charge in [-0.05, 0) is 18.9 Å². The highest BCUT2D eigenvalue weighted by Crippen LogP contribution is 2.26. The van der Waals surface area contributed by atoms with Crippen molar-refractivity contribution >= 4 is 5.97 Å². The van der Waals surface area contributed by atoms with Crippen LogP contribution in [0.1, 0.15) is 25.8 Å². The first-order chi connectivity index (χ1) is 8.06. The van der Waals surface area contributed by atoms with Crippen molar-refractivity contribution in [2.75, 3.05) is 6.61 Å². The van der Waals surface area contributed by atoms with E-state index in [-0.39, 0.29) is 12.6 Å². The van der Waals surface area contributed by atoms with Gasteiger partial charge < -0.3 is 10.2 Å². The summed E-state index contributed by atoms with van der Waals surface area (Å²) < 4.78 is 0. The van der Waals surface area contributed by atoms with Gasteiger partial charge in [0.05, 0.1) is 6.61 Å². The zero-order chi connectivity index (χ0) is 12.9. The number of rotatable bonds is 6. The summed E-state index contributed by atoms with van der Waals surface area (Å²) in [7, 11) is 0. The van der Waals surface area contributed by atoms with Gasteiger partial charge in [0.2, 0.25) is 0 Å². The molecule has 4 heteroatoms. The predicted molar refractivity (Wildman–Crippen MR) is 65.7 cm³/mol. The molecular formula is C13H19NO3. The van der Waals surface area contributed by atoms with E-state index < -0.39 is 11.5 Å². The molecule has 0 aliphatic heterocycles. The fourth-order valence-corrected chi connectivity index (χ4v) is 1.91. The number of carboxylic acid groups (broad SMARTS) is 1. The molecule has 17 heavy (non-hydrogen) atoms. The minimum atomic E-state index is -1.14. The van der Waals surface area contributed by atoms with Gasteiger partial charge in [0.1, 0.15) is 5.54 Å². The van der Waals surface area contributed by atoms with Crippen molar-refractivity contribution in [3.05, 3.63) is 35.9 Å². The summed E-state index contributed by atoms with van der Waals surface area (Å²) in [6.07, 6.45) is 0.413. The molecule has 1 rings (SSSR count). The van der Waals surface area contributed by atoms with Gasteiger partial charge in [-0.25, -0.2) is 4.79 Å². The molecule has 0 bridgehead atoms. The Bertz CT molecular complexity index is 366. The number of nitrogens with one attached hydrogen (secondary N) is 1. The monoisotopic (exact) mass is 237 g/mol. The first-order valence-corrected chi connectivity index (χ1v) is 5.74. The first kappa shape index (κ1) is 13.7. The van der Waals surface area contributed by atoms with Gasteiger partial charge in [0, 0.05) is 6.04 Å². The molecule has 0 saturated carbocycles. The van der Waals surface area contributed by atoms with Crippen molar-refractivity contribution in [2.45, 2.75) is 31.8 Å². The molecule has 4 nitrogen and oxygen atoms in total. The smallest absolute Gasteiger partial charge is 0.328 e. The number of aliphatic hydroxyl groups excluding tert-OH is 1. The van der Waals surface area contributed by atoms with Gasteiger partial charge in [-0.1, -0.05) is 37.3 Å². The van der Waals surface area contributed by atoms with E-state index in [2.05, 4.69) is 5.32 Å². The Morgan fingerprint density at radius 3 is 2.41 bits per heavy atom. The van der Waals surface area contributed by atoms with E-state index in [1.54, 1.807) is 19.1 Å². The van der Waals surface area contributed by atoms with E-state index in [1.807, 2.05) is 25.1 Å². The van der Waals surface area contributed by atoms with Crippen LogP contribution in [-0.4, -0.2) is 28.8 Å². The van der Waals surface area contributed by atoms with Crippen molar-refractivity contribution in [2.24, 2.45) is 0 Å². The predicted octanol–water partition coefficient (Wildman–Crippen LogP) is 1.35. The molecule has 0 aliphatic rings. The molecule has 1 aromatic carbocycles. The number of aliphatic carboxylic acids is 1. The molecule has 0 spiro atoms. The summed E-state index contributed by atoms with van der Waals surface area (Å²) in [6, 6.07) is 8.78. The second-order valence-corrected chi connectivity index (χ2v) is 4.16. The average Bonchev–Trinajstić information content (AvgIpc) is 2.36. The molecule has 0 heterocycles. The maximum Gasteiger partial charge on any atom is 0.328 e. The summed E-state index contributed by atoms with van der Waals surface area (Å²) in [5, 5.41) is 21.5. The SMILES string of the molecule is CCC(NC(C)CO)(C(=O)O)c1ccccc1. The fraction of sp³-hybridized carbons (Fsp3) is 0.462. The highest BCUT2D eigenvalue weighted by molar-refractivity contribution is 5.80. The van der Waals surface area contributed by atoms with Gasteiger partial charge in [-0.2, -0.15) is 0 Å². The molecular weight excluding hydrogens is 218 g/mol. The lowest BCUT2D eigenvalue weighted by molar-refractivity contribution is -0.146. The average molecular weight is 237 g/mol. The summed E-state index contributed by atoms with van der Waals surface area (Å²) in [5.74, 6) is -0.925. The molecule has 0 aromatic heterocycles. The van der Waals surface area contributed by atoms with Crippen molar-refractivity contribution < 1.29 is 15.0 Å². The van der Waals surface area contributed by atoms with Crippen LogP contribution in [-0.2, 0) is 10.3 Å². The number of carboxylic acids is 1. The van der Waals surface area contributed by atoms with Crippen molar-refractivity contribution in [1.29, 1.82) is 0 Å². The Labute approximate surface area is 101 Å². The van der Waals surface area contributed by atoms with Gasteiger partial charge >= 0.3 is 5.97 Å². The molecule has 2 unspecified atom stereocenters. The lowest BCUT2D eigenvalue weighted by atomic mass is 9.86. The third kappa shape index (κ3) is 2.84. The maximum atomic E-state index is 11.6. The Kier molecular flexibility index (Phi) is 4.66. The summed E-state index contributed by atoms with van der Waals surface area (Å²) in [6.45, 7) is 3.48. The first-order valence-electron chi connectivity index (χ1n) is 5.74. The number of aliphatic hydroxyl groups is 1. The molecule has 0 amide bonds. The lowest BCUT2D eigenvalue weighted by Gasteiger charge is -2.32. The van der Waals surface area contributed by atoms with Crippen LogP contribution >= 0.6 is 0 Å². The van der Waals surface area contributed by atoms with E-state index in [1.165, 1.54) is 0 Å². The topological polar surface area (TPSA) is 69.6 Å². The normalized spacial score (nSPS) is 16.2. The van der Waals surface area contributed by atoms with Crippen LogP contribution < -0.4 is 5.32 Å². The summed E-state index contributed by atoms with van der Waals surface area (Å²) >= 11 is 0. The van der Waals surface area contributed by atoms with Gasteiger partial charge in [-0.15, -0.1) is 0 Å². The van der Waals surface area contributed by atoms with Crippen molar-refractivity contribution in [3.8, 4) is 0 Å². The van der Waals surface area contributed by atoms with E-state index in [0.717, 1.165) is 0 Å². The van der Waals surface area contributed by atoms with E-state index in [0.29, 0.717) is 12.0 Å². The van der Waals surface area contributed by atoms with Crippen LogP contribution in [0.2, 0.25) is 0 Å². The molecule has 0 radical (unpaired) electrons. The highest BCUT2D eigenvalue weighted by Gasteiger charge is 2.39. The minimum Gasteiger partial charge on any atom is -0.480 e. The standard InChI is InChI=1S/C13H19NO3/c1-3-13(12(16)17,14-10(2)9-15)11-7-5-4-6-8-11/h4-8,10,14-15H,3,9H2,1-2H3,(H,16,17). The van der Waals surface area contributed by atoms with Crippen LogP contribution in [0.4, 0.5) is 0 Å². The third-order valence-electron chi connectivity index (χ3n) is 2.93. The van der Waals surface area contributed by atoms with Crippen molar-refractivity contribution in [3.63, 3.8) is 0 Å². The molecule has 2 atom stereocenters. The highest BCUT2D eigenvalue weighted by atomic mass is 16.4. The molecule has 0 fully saturated rings.